The van der Waals surface area contributed by atoms with E-state index in [-0.39, 0.29) is 11.9 Å². The molecule has 0 saturated heterocycles. The summed E-state index contributed by atoms with van der Waals surface area (Å²) in [6.07, 6.45) is 6.01. The molecule has 1 saturated carbocycles. The number of hydrogen-bond donors (Lipinski definition) is 1. The molecule has 1 aromatic rings. The molecule has 0 bridgehead atoms. The van der Waals surface area contributed by atoms with Crippen LogP contribution in [0, 0.1) is 11.7 Å². The smallest absolute Gasteiger partial charge is 0.123 e. The molecule has 1 atom stereocenters. The Morgan fingerprint density at radius 3 is 2.62 bits per heavy atom. The Morgan fingerprint density at radius 2 is 1.94 bits per heavy atom. The minimum atomic E-state index is -0.259. The summed E-state index contributed by atoms with van der Waals surface area (Å²) in [5, 5.41) is 0.583. The van der Waals surface area contributed by atoms with E-state index in [4.69, 9.17) is 17.3 Å². The van der Waals surface area contributed by atoms with Crippen LogP contribution < -0.4 is 5.73 Å². The number of nitrogens with two attached hydrogens (primary N) is 1. The molecule has 1 aromatic carbocycles. The van der Waals surface area contributed by atoms with Crippen molar-refractivity contribution in [2.24, 2.45) is 11.7 Å². The number of hydrogen-bond acceptors (Lipinski definition) is 1. The minimum absolute atomic E-state index is 0.122. The summed E-state index contributed by atoms with van der Waals surface area (Å²) in [7, 11) is 0. The van der Waals surface area contributed by atoms with Gasteiger partial charge in [0.25, 0.3) is 0 Å². The largest absolute Gasteiger partial charge is 0.324 e. The van der Waals surface area contributed by atoms with Gasteiger partial charge in [0.2, 0.25) is 0 Å². The maximum Gasteiger partial charge on any atom is 0.123 e. The van der Waals surface area contributed by atoms with Crippen LogP contribution in [0.25, 0.3) is 0 Å². The topological polar surface area (TPSA) is 26.0 Å². The maximum atomic E-state index is 13.2. The predicted octanol–water partition coefficient (Wildman–Crippen LogP) is 4.06. The zero-order valence-corrected chi connectivity index (χ0v) is 10.0. The number of rotatable bonds is 2. The average molecular weight is 242 g/mol. The fourth-order valence-electron chi connectivity index (χ4n) is 2.52. The van der Waals surface area contributed by atoms with Crippen molar-refractivity contribution in [2.45, 2.75) is 38.1 Å². The molecule has 1 nitrogen and oxygen atoms in total. The van der Waals surface area contributed by atoms with Gasteiger partial charge in [-0.25, -0.2) is 4.39 Å². The Labute approximate surface area is 101 Å². The summed E-state index contributed by atoms with van der Waals surface area (Å²) in [6, 6.07) is 4.32. The molecule has 0 amide bonds. The highest BCUT2D eigenvalue weighted by atomic mass is 35.5. The first-order valence-corrected chi connectivity index (χ1v) is 6.27. The van der Waals surface area contributed by atoms with Crippen molar-refractivity contribution in [3.8, 4) is 0 Å². The van der Waals surface area contributed by atoms with Gasteiger partial charge in [-0.1, -0.05) is 30.9 Å². The van der Waals surface area contributed by atoms with E-state index in [0.717, 1.165) is 18.4 Å². The van der Waals surface area contributed by atoms with Gasteiger partial charge in [-0.3, -0.25) is 0 Å². The monoisotopic (exact) mass is 241 g/mol. The lowest BCUT2D eigenvalue weighted by atomic mass is 9.81. The first kappa shape index (κ1) is 11.9. The highest BCUT2D eigenvalue weighted by Gasteiger charge is 2.23. The summed E-state index contributed by atoms with van der Waals surface area (Å²) in [6.45, 7) is 0. The van der Waals surface area contributed by atoms with E-state index >= 15 is 0 Å². The SMILES string of the molecule is N[C@@H](c1cc(F)ccc1Cl)C1CCCCC1. The van der Waals surface area contributed by atoms with Crippen LogP contribution in [0.5, 0.6) is 0 Å². The van der Waals surface area contributed by atoms with Gasteiger partial charge in [-0.05, 0) is 42.5 Å². The first-order chi connectivity index (χ1) is 7.68. The minimum Gasteiger partial charge on any atom is -0.324 e. The molecule has 2 N–H and O–H groups in total. The molecule has 2 rings (SSSR count). The average Bonchev–Trinajstić information content (AvgIpc) is 2.32. The Morgan fingerprint density at radius 1 is 1.25 bits per heavy atom. The van der Waals surface area contributed by atoms with Crippen LogP contribution in [-0.4, -0.2) is 0 Å². The van der Waals surface area contributed by atoms with E-state index in [9.17, 15) is 4.39 Å². The molecule has 0 heterocycles. The quantitative estimate of drug-likeness (QED) is 0.830. The Hall–Kier alpha value is -0.600. The Bertz CT molecular complexity index is 361. The van der Waals surface area contributed by atoms with Crippen molar-refractivity contribution < 1.29 is 4.39 Å². The molecule has 1 aliphatic carbocycles. The van der Waals surface area contributed by atoms with Crippen molar-refractivity contribution in [2.75, 3.05) is 0 Å². The van der Waals surface area contributed by atoms with Gasteiger partial charge in [0.05, 0.1) is 0 Å². The number of halogens is 2. The van der Waals surface area contributed by atoms with E-state index in [0.29, 0.717) is 10.9 Å². The molecule has 1 fully saturated rings. The molecule has 0 spiro atoms. The molecule has 16 heavy (non-hydrogen) atoms. The summed E-state index contributed by atoms with van der Waals surface area (Å²) in [5.74, 6) is 0.193. The van der Waals surface area contributed by atoms with Gasteiger partial charge in [-0.15, -0.1) is 0 Å². The van der Waals surface area contributed by atoms with E-state index in [1.165, 1.54) is 31.4 Å². The predicted molar refractivity (Wildman–Crippen MR) is 64.9 cm³/mol. The molecule has 0 aromatic heterocycles. The van der Waals surface area contributed by atoms with Gasteiger partial charge < -0.3 is 5.73 Å². The van der Waals surface area contributed by atoms with Crippen LogP contribution in [0.3, 0.4) is 0 Å². The summed E-state index contributed by atoms with van der Waals surface area (Å²) < 4.78 is 13.2. The van der Waals surface area contributed by atoms with Crippen molar-refractivity contribution in [3.63, 3.8) is 0 Å². The van der Waals surface area contributed by atoms with Crippen molar-refractivity contribution in [1.29, 1.82) is 0 Å². The second-order valence-corrected chi connectivity index (χ2v) is 5.00. The van der Waals surface area contributed by atoms with Crippen LogP contribution in [0.2, 0.25) is 5.02 Å². The zero-order valence-electron chi connectivity index (χ0n) is 9.26. The maximum absolute atomic E-state index is 13.2. The van der Waals surface area contributed by atoms with Gasteiger partial charge in [0.1, 0.15) is 5.82 Å². The van der Waals surface area contributed by atoms with E-state index in [1.54, 1.807) is 6.07 Å². The van der Waals surface area contributed by atoms with Gasteiger partial charge in [-0.2, -0.15) is 0 Å². The Kier molecular flexibility index (Phi) is 3.82. The fourth-order valence-corrected chi connectivity index (χ4v) is 2.76. The number of benzene rings is 1. The summed E-state index contributed by atoms with van der Waals surface area (Å²) in [5.41, 5.74) is 6.95. The van der Waals surface area contributed by atoms with Crippen molar-refractivity contribution in [3.05, 3.63) is 34.6 Å². The first-order valence-electron chi connectivity index (χ1n) is 5.89. The molecular formula is C13H17ClFN. The van der Waals surface area contributed by atoms with E-state index in [2.05, 4.69) is 0 Å². The molecule has 0 aliphatic heterocycles. The second kappa shape index (κ2) is 5.15. The van der Waals surface area contributed by atoms with Crippen LogP contribution in [0.15, 0.2) is 18.2 Å². The van der Waals surface area contributed by atoms with Crippen LogP contribution >= 0.6 is 11.6 Å². The lowest BCUT2D eigenvalue weighted by molar-refractivity contribution is 0.308. The van der Waals surface area contributed by atoms with Gasteiger partial charge in [0, 0.05) is 11.1 Å². The molecule has 0 radical (unpaired) electrons. The highest BCUT2D eigenvalue weighted by Crippen LogP contribution is 2.35. The highest BCUT2D eigenvalue weighted by molar-refractivity contribution is 6.31. The fraction of sp³-hybridized carbons (Fsp3) is 0.538. The van der Waals surface area contributed by atoms with E-state index < -0.39 is 0 Å². The lowest BCUT2D eigenvalue weighted by Crippen LogP contribution is -2.23. The standard InChI is InChI=1S/C13H17ClFN/c14-12-7-6-10(15)8-11(12)13(16)9-4-2-1-3-5-9/h6-9,13H,1-5,16H2/t13-/m1/s1. The van der Waals surface area contributed by atoms with Gasteiger partial charge in [0.15, 0.2) is 0 Å². The zero-order chi connectivity index (χ0) is 11.5. The second-order valence-electron chi connectivity index (χ2n) is 4.59. The van der Waals surface area contributed by atoms with Crippen LogP contribution in [-0.2, 0) is 0 Å². The third kappa shape index (κ3) is 2.55. The molecule has 1 aliphatic rings. The molecular weight excluding hydrogens is 225 g/mol. The third-order valence-electron chi connectivity index (χ3n) is 3.47. The molecule has 0 unspecified atom stereocenters. The Balaban J connectivity index is 2.18. The lowest BCUT2D eigenvalue weighted by Gasteiger charge is -2.28. The normalized spacial score (nSPS) is 19.7. The summed E-state index contributed by atoms with van der Waals surface area (Å²) in [4.78, 5) is 0. The van der Waals surface area contributed by atoms with Crippen LogP contribution in [0.1, 0.15) is 43.7 Å². The third-order valence-corrected chi connectivity index (χ3v) is 3.82. The van der Waals surface area contributed by atoms with E-state index in [1.807, 2.05) is 0 Å². The van der Waals surface area contributed by atoms with Crippen LogP contribution in [0.4, 0.5) is 4.39 Å². The van der Waals surface area contributed by atoms with Gasteiger partial charge >= 0.3 is 0 Å². The van der Waals surface area contributed by atoms with Crippen molar-refractivity contribution >= 4 is 11.6 Å². The summed E-state index contributed by atoms with van der Waals surface area (Å²) >= 11 is 6.06. The molecule has 3 heteroatoms. The van der Waals surface area contributed by atoms with Crippen molar-refractivity contribution in [1.82, 2.24) is 0 Å². The molecule has 88 valence electrons.